The van der Waals surface area contributed by atoms with Crippen molar-refractivity contribution < 1.29 is 10.2 Å². The zero-order valence-electron chi connectivity index (χ0n) is 14.3. The first kappa shape index (κ1) is 17.4. The maximum Gasteiger partial charge on any atom is 0.124 e. The maximum absolute atomic E-state index is 9.71. The minimum absolute atomic E-state index is 0.230. The Balaban J connectivity index is 1.55. The highest BCUT2D eigenvalue weighted by molar-refractivity contribution is 5.83. The van der Waals surface area contributed by atoms with Crippen LogP contribution in [0, 0.1) is 0 Å². The van der Waals surface area contributed by atoms with E-state index in [1.165, 1.54) is 0 Å². The van der Waals surface area contributed by atoms with Gasteiger partial charge >= 0.3 is 0 Å². The van der Waals surface area contributed by atoms with Crippen LogP contribution in [0.4, 0.5) is 0 Å². The van der Waals surface area contributed by atoms with Crippen molar-refractivity contribution >= 4 is 12.4 Å². The fourth-order valence-electron chi connectivity index (χ4n) is 2.44. The van der Waals surface area contributed by atoms with E-state index in [0.29, 0.717) is 24.2 Å². The third-order valence-electron chi connectivity index (χ3n) is 3.90. The second-order valence-corrected chi connectivity index (χ2v) is 5.87. The van der Waals surface area contributed by atoms with Gasteiger partial charge in [-0.05, 0) is 35.4 Å². The van der Waals surface area contributed by atoms with Gasteiger partial charge in [-0.15, -0.1) is 0 Å². The summed E-state index contributed by atoms with van der Waals surface area (Å²) in [6, 6.07) is 22.3. The van der Waals surface area contributed by atoms with E-state index in [1.807, 2.05) is 48.5 Å². The van der Waals surface area contributed by atoms with Crippen molar-refractivity contribution in [2.75, 3.05) is 0 Å². The van der Waals surface area contributed by atoms with E-state index in [4.69, 9.17) is 0 Å². The Morgan fingerprint density at radius 2 is 0.962 bits per heavy atom. The third-order valence-corrected chi connectivity index (χ3v) is 3.90. The number of para-hydroxylation sites is 2. The molecule has 2 N–H and O–H groups in total. The number of phenols is 2. The largest absolute Gasteiger partial charge is 0.507 e. The van der Waals surface area contributed by atoms with Gasteiger partial charge in [-0.3, -0.25) is 9.98 Å². The van der Waals surface area contributed by atoms with Gasteiger partial charge < -0.3 is 10.2 Å². The van der Waals surface area contributed by atoms with Gasteiger partial charge in [0, 0.05) is 23.6 Å². The van der Waals surface area contributed by atoms with Crippen LogP contribution in [0.2, 0.25) is 0 Å². The van der Waals surface area contributed by atoms with Gasteiger partial charge in [0.2, 0.25) is 0 Å². The first-order valence-corrected chi connectivity index (χ1v) is 8.36. The van der Waals surface area contributed by atoms with Crippen LogP contribution in [0.3, 0.4) is 0 Å². The number of hydrogen-bond acceptors (Lipinski definition) is 4. The molecule has 0 aliphatic carbocycles. The lowest BCUT2D eigenvalue weighted by atomic mass is 10.1. The van der Waals surface area contributed by atoms with Gasteiger partial charge in [0.05, 0.1) is 13.1 Å². The Bertz CT molecular complexity index is 839. The molecule has 130 valence electrons. The molecule has 26 heavy (non-hydrogen) atoms. The van der Waals surface area contributed by atoms with Crippen molar-refractivity contribution in [2.45, 2.75) is 13.1 Å². The highest BCUT2D eigenvalue weighted by Crippen LogP contribution is 2.14. The van der Waals surface area contributed by atoms with Crippen molar-refractivity contribution in [3.63, 3.8) is 0 Å². The molecule has 0 atom stereocenters. The van der Waals surface area contributed by atoms with E-state index < -0.39 is 0 Å². The lowest BCUT2D eigenvalue weighted by Crippen LogP contribution is -1.88. The molecule has 3 aromatic carbocycles. The van der Waals surface area contributed by atoms with Gasteiger partial charge in [0.25, 0.3) is 0 Å². The van der Waals surface area contributed by atoms with E-state index >= 15 is 0 Å². The Hall–Kier alpha value is -3.40. The van der Waals surface area contributed by atoms with Gasteiger partial charge in [-0.2, -0.15) is 0 Å². The van der Waals surface area contributed by atoms with Crippen molar-refractivity contribution in [1.82, 2.24) is 0 Å². The summed E-state index contributed by atoms with van der Waals surface area (Å²) in [6.45, 7) is 1.10. The van der Waals surface area contributed by atoms with Gasteiger partial charge in [-0.1, -0.05) is 48.5 Å². The summed E-state index contributed by atoms with van der Waals surface area (Å²) in [5, 5.41) is 19.4. The Kier molecular flexibility index (Phi) is 5.78. The predicted molar refractivity (Wildman–Crippen MR) is 105 cm³/mol. The normalized spacial score (nSPS) is 11.4. The second kappa shape index (κ2) is 8.62. The lowest BCUT2D eigenvalue weighted by molar-refractivity contribution is 0.474. The topological polar surface area (TPSA) is 65.2 Å². The smallest absolute Gasteiger partial charge is 0.124 e. The SMILES string of the molecule is Oc1ccccc1C=NCc1ccc(CN=Cc2ccccc2O)cc1. The predicted octanol–water partition coefficient (Wildman–Crippen LogP) is 4.34. The summed E-state index contributed by atoms with van der Waals surface area (Å²) in [6.07, 6.45) is 3.36. The van der Waals surface area contributed by atoms with Crippen LogP contribution in [0.5, 0.6) is 11.5 Å². The van der Waals surface area contributed by atoms with E-state index in [2.05, 4.69) is 9.98 Å². The van der Waals surface area contributed by atoms with Crippen LogP contribution in [-0.2, 0) is 13.1 Å². The number of rotatable bonds is 6. The fourth-order valence-corrected chi connectivity index (χ4v) is 2.44. The molecule has 3 aromatic rings. The molecule has 0 bridgehead atoms. The molecular weight excluding hydrogens is 324 g/mol. The number of aliphatic imine (C=N–C) groups is 2. The summed E-state index contributed by atoms with van der Waals surface area (Å²) in [4.78, 5) is 8.74. The number of hydrogen-bond donors (Lipinski definition) is 2. The number of nitrogens with zero attached hydrogens (tertiary/aromatic N) is 2. The molecule has 4 nitrogen and oxygen atoms in total. The molecule has 0 heterocycles. The summed E-state index contributed by atoms with van der Waals surface area (Å²) in [5.41, 5.74) is 3.60. The van der Waals surface area contributed by atoms with Gasteiger partial charge in [0.15, 0.2) is 0 Å². The zero-order chi connectivity index (χ0) is 18.2. The summed E-state index contributed by atoms with van der Waals surface area (Å²) in [7, 11) is 0. The number of benzene rings is 3. The molecule has 0 aromatic heterocycles. The van der Waals surface area contributed by atoms with E-state index in [0.717, 1.165) is 11.1 Å². The Morgan fingerprint density at radius 1 is 0.577 bits per heavy atom. The number of phenolic OH excluding ortho intramolecular Hbond substituents is 2. The maximum atomic E-state index is 9.71. The summed E-state index contributed by atoms with van der Waals surface area (Å²) in [5.74, 6) is 0.461. The lowest BCUT2D eigenvalue weighted by Gasteiger charge is -2.01. The minimum Gasteiger partial charge on any atom is -0.507 e. The zero-order valence-corrected chi connectivity index (χ0v) is 14.3. The summed E-state index contributed by atoms with van der Waals surface area (Å²) >= 11 is 0. The molecule has 0 radical (unpaired) electrons. The molecule has 3 rings (SSSR count). The van der Waals surface area contributed by atoms with Crippen LogP contribution >= 0.6 is 0 Å². The van der Waals surface area contributed by atoms with E-state index in [1.54, 1.807) is 36.7 Å². The van der Waals surface area contributed by atoms with Crippen molar-refractivity contribution in [3.8, 4) is 11.5 Å². The van der Waals surface area contributed by atoms with Gasteiger partial charge in [0.1, 0.15) is 11.5 Å². The first-order valence-electron chi connectivity index (χ1n) is 8.36. The molecule has 0 aliphatic rings. The molecule has 4 heteroatoms. The van der Waals surface area contributed by atoms with E-state index in [9.17, 15) is 10.2 Å². The van der Waals surface area contributed by atoms with Crippen molar-refractivity contribution in [1.29, 1.82) is 0 Å². The van der Waals surface area contributed by atoms with Gasteiger partial charge in [-0.25, -0.2) is 0 Å². The molecular formula is C22H20N2O2. The molecule has 0 saturated carbocycles. The molecule has 0 saturated heterocycles. The molecule has 0 spiro atoms. The van der Waals surface area contributed by atoms with Crippen LogP contribution in [0.15, 0.2) is 82.8 Å². The van der Waals surface area contributed by atoms with Crippen molar-refractivity contribution in [2.24, 2.45) is 9.98 Å². The molecule has 0 aliphatic heterocycles. The molecule has 0 amide bonds. The van der Waals surface area contributed by atoms with Crippen LogP contribution in [-0.4, -0.2) is 22.6 Å². The fraction of sp³-hybridized carbons (Fsp3) is 0.0909. The minimum atomic E-state index is 0.230. The highest BCUT2D eigenvalue weighted by Gasteiger charge is 1.97. The van der Waals surface area contributed by atoms with E-state index in [-0.39, 0.29) is 11.5 Å². The standard InChI is InChI=1S/C22H20N2O2/c25-21-7-3-1-5-19(21)15-23-13-17-9-11-18(12-10-17)14-24-16-20-6-2-4-8-22(20)26/h1-12,15-16,25-26H,13-14H2. The second-order valence-electron chi connectivity index (χ2n) is 5.87. The third kappa shape index (κ3) is 4.80. The van der Waals surface area contributed by atoms with Crippen LogP contribution in [0.1, 0.15) is 22.3 Å². The van der Waals surface area contributed by atoms with Crippen LogP contribution in [0.25, 0.3) is 0 Å². The first-order chi connectivity index (χ1) is 12.7. The Labute approximate surface area is 152 Å². The molecule has 0 fully saturated rings. The Morgan fingerprint density at radius 3 is 1.35 bits per heavy atom. The quantitative estimate of drug-likeness (QED) is 0.654. The van der Waals surface area contributed by atoms with Crippen LogP contribution < -0.4 is 0 Å². The summed E-state index contributed by atoms with van der Waals surface area (Å²) < 4.78 is 0. The molecule has 0 unspecified atom stereocenters. The number of aromatic hydroxyl groups is 2. The average Bonchev–Trinajstić information content (AvgIpc) is 2.66. The highest BCUT2D eigenvalue weighted by atomic mass is 16.3. The monoisotopic (exact) mass is 344 g/mol. The van der Waals surface area contributed by atoms with Crippen molar-refractivity contribution in [3.05, 3.63) is 95.1 Å². The average molecular weight is 344 g/mol.